The fraction of sp³-hybridized carbons (Fsp3) is 0.571. The first-order valence-electron chi connectivity index (χ1n) is 8.95. The summed E-state index contributed by atoms with van der Waals surface area (Å²) in [6.07, 6.45) is 18.9. The van der Waals surface area contributed by atoms with Crippen LogP contribution in [-0.2, 0) is 0 Å². The van der Waals surface area contributed by atoms with Gasteiger partial charge in [0.2, 0.25) is 0 Å². The highest BCUT2D eigenvalue weighted by atomic mass is 15.1. The third-order valence-corrected chi connectivity index (χ3v) is 3.93. The molecule has 0 spiro atoms. The lowest BCUT2D eigenvalue weighted by Gasteiger charge is -2.19. The molecule has 0 fully saturated rings. The lowest BCUT2D eigenvalue weighted by molar-refractivity contribution is 0.428. The summed E-state index contributed by atoms with van der Waals surface area (Å²) < 4.78 is 0. The van der Waals surface area contributed by atoms with Gasteiger partial charge in [0, 0.05) is 32.6 Å². The van der Waals surface area contributed by atoms with Crippen molar-refractivity contribution in [2.45, 2.75) is 59.8 Å². The van der Waals surface area contributed by atoms with Crippen molar-refractivity contribution in [2.75, 3.05) is 20.6 Å². The monoisotopic (exact) mass is 316 g/mol. The van der Waals surface area contributed by atoms with E-state index < -0.39 is 0 Å². The van der Waals surface area contributed by atoms with E-state index in [0.29, 0.717) is 0 Å². The van der Waals surface area contributed by atoms with Crippen LogP contribution >= 0.6 is 0 Å². The van der Waals surface area contributed by atoms with E-state index in [4.69, 9.17) is 0 Å². The van der Waals surface area contributed by atoms with Crippen molar-refractivity contribution in [3.8, 4) is 0 Å². The van der Waals surface area contributed by atoms with E-state index >= 15 is 0 Å². The van der Waals surface area contributed by atoms with E-state index in [9.17, 15) is 0 Å². The Morgan fingerprint density at radius 1 is 1.04 bits per heavy atom. The molecule has 0 rings (SSSR count). The number of hydrogen-bond acceptors (Lipinski definition) is 2. The molecule has 0 amide bonds. The first-order valence-corrected chi connectivity index (χ1v) is 8.95. The van der Waals surface area contributed by atoms with Crippen molar-refractivity contribution < 1.29 is 0 Å². The van der Waals surface area contributed by atoms with Crippen molar-refractivity contribution >= 4 is 6.21 Å². The highest BCUT2D eigenvalue weighted by Gasteiger charge is 1.97. The predicted molar refractivity (Wildman–Crippen MR) is 106 cm³/mol. The van der Waals surface area contributed by atoms with Crippen LogP contribution in [0.15, 0.2) is 52.2 Å². The number of aliphatic imine (C=N–C) groups is 1. The summed E-state index contributed by atoms with van der Waals surface area (Å²) in [4.78, 5) is 6.33. The van der Waals surface area contributed by atoms with Gasteiger partial charge >= 0.3 is 0 Å². The van der Waals surface area contributed by atoms with Crippen LogP contribution in [0.4, 0.5) is 0 Å². The summed E-state index contributed by atoms with van der Waals surface area (Å²) >= 11 is 0. The predicted octanol–water partition coefficient (Wildman–Crippen LogP) is 5.94. The second-order valence-corrected chi connectivity index (χ2v) is 5.79. The molecule has 0 aromatic heterocycles. The summed E-state index contributed by atoms with van der Waals surface area (Å²) in [5.74, 6) is 0. The first kappa shape index (κ1) is 21.4. The van der Waals surface area contributed by atoms with Crippen LogP contribution < -0.4 is 0 Å². The Morgan fingerprint density at radius 2 is 1.78 bits per heavy atom. The Balaban J connectivity index is 4.44. The van der Waals surface area contributed by atoms with Gasteiger partial charge in [-0.1, -0.05) is 38.2 Å². The van der Waals surface area contributed by atoms with Gasteiger partial charge in [0.05, 0.1) is 0 Å². The molecule has 0 saturated heterocycles. The zero-order valence-electron chi connectivity index (χ0n) is 16.1. The molecule has 0 aliphatic carbocycles. The Kier molecular flexibility index (Phi) is 13.1. The molecule has 23 heavy (non-hydrogen) atoms. The van der Waals surface area contributed by atoms with Gasteiger partial charge in [-0.3, -0.25) is 4.99 Å². The molecule has 0 aromatic rings. The molecule has 0 radical (unpaired) electrons. The van der Waals surface area contributed by atoms with Gasteiger partial charge < -0.3 is 4.90 Å². The zero-order valence-corrected chi connectivity index (χ0v) is 16.1. The molecular formula is C21H36N2. The highest BCUT2D eigenvalue weighted by molar-refractivity contribution is 5.77. The molecule has 0 aliphatic rings. The van der Waals surface area contributed by atoms with Crippen molar-refractivity contribution in [1.29, 1.82) is 0 Å². The van der Waals surface area contributed by atoms with Crippen molar-refractivity contribution in [2.24, 2.45) is 4.99 Å². The Labute approximate surface area is 144 Å². The summed E-state index contributed by atoms with van der Waals surface area (Å²) in [7, 11) is 3.97. The molecule has 2 heteroatoms. The van der Waals surface area contributed by atoms with Crippen LogP contribution in [0.25, 0.3) is 0 Å². The number of rotatable bonds is 11. The Morgan fingerprint density at radius 3 is 2.35 bits per heavy atom. The minimum atomic E-state index is 1.06. The number of unbranched alkanes of at least 4 members (excludes halogenated alkanes) is 2. The fourth-order valence-corrected chi connectivity index (χ4v) is 2.27. The quantitative estimate of drug-likeness (QED) is 0.261. The SMILES string of the molecule is CCC(/C=C/CCC/C=C(C)\C=N\C)=C\C=C(/CC)N(C)CC. The molecule has 0 unspecified atom stereocenters. The summed E-state index contributed by atoms with van der Waals surface area (Å²) in [6, 6.07) is 0. The molecule has 0 bridgehead atoms. The molecule has 0 heterocycles. The average molecular weight is 317 g/mol. The molecule has 2 nitrogen and oxygen atoms in total. The molecule has 0 N–H and O–H groups in total. The van der Waals surface area contributed by atoms with Gasteiger partial charge in [-0.2, -0.15) is 0 Å². The van der Waals surface area contributed by atoms with Crippen molar-refractivity contribution in [1.82, 2.24) is 4.90 Å². The van der Waals surface area contributed by atoms with Gasteiger partial charge in [0.1, 0.15) is 0 Å². The van der Waals surface area contributed by atoms with Crippen molar-refractivity contribution in [3.05, 3.63) is 47.2 Å². The molecule has 0 saturated carbocycles. The number of nitrogens with zero attached hydrogens (tertiary/aromatic N) is 2. The summed E-state index contributed by atoms with van der Waals surface area (Å²) in [6.45, 7) is 9.78. The third kappa shape index (κ3) is 10.7. The smallest absolute Gasteiger partial charge is 0.0277 e. The minimum absolute atomic E-state index is 1.06. The Hall–Kier alpha value is -1.57. The molecule has 130 valence electrons. The van der Waals surface area contributed by atoms with Gasteiger partial charge in [-0.05, 0) is 63.2 Å². The Bertz CT molecular complexity index is 450. The van der Waals surface area contributed by atoms with Crippen LogP contribution in [-0.4, -0.2) is 31.8 Å². The van der Waals surface area contributed by atoms with Crippen LogP contribution in [0.1, 0.15) is 59.8 Å². The lowest BCUT2D eigenvalue weighted by atomic mass is 10.1. The maximum absolute atomic E-state index is 4.02. The van der Waals surface area contributed by atoms with E-state index in [-0.39, 0.29) is 0 Å². The average Bonchev–Trinajstić information content (AvgIpc) is 2.56. The van der Waals surface area contributed by atoms with E-state index in [1.165, 1.54) is 23.3 Å². The van der Waals surface area contributed by atoms with Gasteiger partial charge in [-0.15, -0.1) is 0 Å². The summed E-state index contributed by atoms with van der Waals surface area (Å²) in [5, 5.41) is 0. The maximum Gasteiger partial charge on any atom is 0.0277 e. The molecule has 0 aromatic carbocycles. The zero-order chi connectivity index (χ0) is 17.5. The highest BCUT2D eigenvalue weighted by Crippen LogP contribution is 2.10. The second-order valence-electron chi connectivity index (χ2n) is 5.79. The van der Waals surface area contributed by atoms with E-state index in [1.807, 2.05) is 13.3 Å². The molecule has 0 aliphatic heterocycles. The third-order valence-electron chi connectivity index (χ3n) is 3.93. The molecular weight excluding hydrogens is 280 g/mol. The maximum atomic E-state index is 4.02. The first-order chi connectivity index (χ1) is 11.1. The van der Waals surface area contributed by atoms with Crippen molar-refractivity contribution in [3.63, 3.8) is 0 Å². The lowest BCUT2D eigenvalue weighted by Crippen LogP contribution is -2.16. The van der Waals surface area contributed by atoms with Gasteiger partial charge in [-0.25, -0.2) is 0 Å². The van der Waals surface area contributed by atoms with Crippen LogP contribution in [0, 0.1) is 0 Å². The number of hydrogen-bond donors (Lipinski definition) is 0. The van der Waals surface area contributed by atoms with Gasteiger partial charge in [0.15, 0.2) is 0 Å². The minimum Gasteiger partial charge on any atom is -0.378 e. The van der Waals surface area contributed by atoms with E-state index in [2.05, 4.69) is 75.0 Å². The van der Waals surface area contributed by atoms with E-state index in [0.717, 1.165) is 32.2 Å². The van der Waals surface area contributed by atoms with Crippen LogP contribution in [0.3, 0.4) is 0 Å². The summed E-state index contributed by atoms with van der Waals surface area (Å²) in [5.41, 5.74) is 4.04. The van der Waals surface area contributed by atoms with Crippen LogP contribution in [0.5, 0.6) is 0 Å². The fourth-order valence-electron chi connectivity index (χ4n) is 2.27. The second kappa shape index (κ2) is 14.0. The topological polar surface area (TPSA) is 15.6 Å². The normalized spacial score (nSPS) is 14.3. The molecule has 0 atom stereocenters. The number of allylic oxidation sites excluding steroid dienone is 8. The van der Waals surface area contributed by atoms with E-state index in [1.54, 1.807) is 0 Å². The van der Waals surface area contributed by atoms with Crippen LogP contribution in [0.2, 0.25) is 0 Å². The largest absolute Gasteiger partial charge is 0.378 e. The standard InChI is InChI=1S/C21H36N2/c1-7-20(16-17-21(8-2)23(6)9-3)15-13-11-10-12-14-19(4)18-22-5/h13-18H,7-12H2,1-6H3/b15-13+,19-14-,20-16+,21-17+,22-18+. The van der Waals surface area contributed by atoms with Gasteiger partial charge in [0.25, 0.3) is 0 Å².